The summed E-state index contributed by atoms with van der Waals surface area (Å²) in [7, 11) is 0. The highest BCUT2D eigenvalue weighted by molar-refractivity contribution is 5.79. The van der Waals surface area contributed by atoms with Gasteiger partial charge < -0.3 is 16.2 Å². The van der Waals surface area contributed by atoms with Crippen LogP contribution in [0.15, 0.2) is 24.3 Å². The molecule has 19 heavy (non-hydrogen) atoms. The van der Waals surface area contributed by atoms with E-state index < -0.39 is 0 Å². The fourth-order valence-electron chi connectivity index (χ4n) is 2.19. The Kier molecular flexibility index (Phi) is 6.36. The number of phenols is 1. The van der Waals surface area contributed by atoms with Crippen LogP contribution < -0.4 is 11.1 Å². The highest BCUT2D eigenvalue weighted by Crippen LogP contribution is 2.16. The van der Waals surface area contributed by atoms with Crippen molar-refractivity contribution in [3.05, 3.63) is 29.8 Å². The van der Waals surface area contributed by atoms with E-state index in [1.165, 1.54) is 0 Å². The Hall–Kier alpha value is -1.55. The third-order valence-corrected chi connectivity index (χ3v) is 3.53. The Labute approximate surface area is 115 Å². The smallest absolute Gasteiger partial charge is 0.224 e. The van der Waals surface area contributed by atoms with Crippen LogP contribution in [0.1, 0.15) is 32.3 Å². The van der Waals surface area contributed by atoms with E-state index in [1.807, 2.05) is 0 Å². The molecule has 0 spiro atoms. The normalized spacial score (nSPS) is 12.4. The summed E-state index contributed by atoms with van der Waals surface area (Å²) < 4.78 is 0. The summed E-state index contributed by atoms with van der Waals surface area (Å²) in [4.78, 5) is 11.8. The van der Waals surface area contributed by atoms with Crippen LogP contribution in [0, 0.1) is 5.92 Å². The Bertz CT molecular complexity index is 403. The minimum Gasteiger partial charge on any atom is -0.508 e. The van der Waals surface area contributed by atoms with Crippen molar-refractivity contribution in [1.29, 1.82) is 0 Å². The molecular formula is C15H24N2O2. The van der Waals surface area contributed by atoms with Crippen molar-refractivity contribution in [3.63, 3.8) is 0 Å². The van der Waals surface area contributed by atoms with Crippen molar-refractivity contribution in [2.75, 3.05) is 6.54 Å². The molecule has 0 aromatic heterocycles. The summed E-state index contributed by atoms with van der Waals surface area (Å²) >= 11 is 0. The van der Waals surface area contributed by atoms with Crippen LogP contribution in [0.25, 0.3) is 0 Å². The average Bonchev–Trinajstić information content (AvgIpc) is 2.40. The van der Waals surface area contributed by atoms with E-state index in [-0.39, 0.29) is 24.1 Å². The Morgan fingerprint density at radius 2 is 1.95 bits per heavy atom. The van der Waals surface area contributed by atoms with Gasteiger partial charge in [0.2, 0.25) is 5.91 Å². The molecule has 0 radical (unpaired) electrons. The molecule has 0 saturated carbocycles. The molecule has 0 fully saturated rings. The molecule has 1 rings (SSSR count). The summed E-state index contributed by atoms with van der Waals surface area (Å²) in [6, 6.07) is 6.86. The van der Waals surface area contributed by atoms with Gasteiger partial charge in [0.05, 0.1) is 6.42 Å². The molecule has 1 unspecified atom stereocenters. The quantitative estimate of drug-likeness (QED) is 0.703. The lowest BCUT2D eigenvalue weighted by molar-refractivity contribution is -0.120. The molecule has 4 N–H and O–H groups in total. The van der Waals surface area contributed by atoms with Crippen molar-refractivity contribution >= 4 is 5.91 Å². The molecule has 4 heteroatoms. The van der Waals surface area contributed by atoms with E-state index in [0.717, 1.165) is 12.8 Å². The van der Waals surface area contributed by atoms with Crippen LogP contribution in [0.4, 0.5) is 0 Å². The number of nitrogens with two attached hydrogens (primary N) is 1. The number of nitrogens with one attached hydrogen (secondary N) is 1. The molecule has 1 amide bonds. The van der Waals surface area contributed by atoms with Gasteiger partial charge in [-0.3, -0.25) is 4.79 Å². The Balaban J connectivity index is 2.42. The first-order valence-electron chi connectivity index (χ1n) is 6.87. The molecule has 106 valence electrons. The van der Waals surface area contributed by atoms with E-state index >= 15 is 0 Å². The molecule has 0 bridgehead atoms. The molecule has 0 aliphatic rings. The average molecular weight is 264 g/mol. The summed E-state index contributed by atoms with van der Waals surface area (Å²) in [5, 5.41) is 12.4. The van der Waals surface area contributed by atoms with Crippen molar-refractivity contribution < 1.29 is 9.90 Å². The number of hydrogen-bond acceptors (Lipinski definition) is 3. The number of amides is 1. The number of benzene rings is 1. The van der Waals surface area contributed by atoms with Gasteiger partial charge in [0.25, 0.3) is 0 Å². The lowest BCUT2D eigenvalue weighted by Crippen LogP contribution is -2.42. The second-order valence-corrected chi connectivity index (χ2v) is 4.85. The maximum absolute atomic E-state index is 11.8. The molecular weight excluding hydrogens is 240 g/mol. The molecule has 0 saturated heterocycles. The molecule has 0 aliphatic heterocycles. The third-order valence-electron chi connectivity index (χ3n) is 3.53. The standard InChI is InChI=1S/C15H24N2O2/c1-3-11(4-2)13(16)10-17-15(19)9-12-7-5-6-8-14(12)18/h5-8,11,13,18H,3-4,9-10,16H2,1-2H3,(H,17,19). The van der Waals surface area contributed by atoms with Crippen molar-refractivity contribution in [2.24, 2.45) is 11.7 Å². The predicted octanol–water partition coefficient (Wildman–Crippen LogP) is 1.81. The summed E-state index contributed by atoms with van der Waals surface area (Å²) in [5.41, 5.74) is 6.68. The molecule has 0 heterocycles. The zero-order chi connectivity index (χ0) is 14.3. The van der Waals surface area contributed by atoms with Gasteiger partial charge in [-0.15, -0.1) is 0 Å². The monoisotopic (exact) mass is 264 g/mol. The lowest BCUT2D eigenvalue weighted by Gasteiger charge is -2.21. The van der Waals surface area contributed by atoms with Crippen LogP contribution in [0.3, 0.4) is 0 Å². The maximum Gasteiger partial charge on any atom is 0.224 e. The minimum atomic E-state index is -0.108. The van der Waals surface area contributed by atoms with Crippen LogP contribution in [0.2, 0.25) is 0 Å². The molecule has 0 aliphatic carbocycles. The van der Waals surface area contributed by atoms with Crippen LogP contribution in [-0.4, -0.2) is 23.6 Å². The fourth-order valence-corrected chi connectivity index (χ4v) is 2.19. The van der Waals surface area contributed by atoms with Gasteiger partial charge in [-0.05, 0) is 12.0 Å². The molecule has 1 atom stereocenters. The van der Waals surface area contributed by atoms with E-state index in [2.05, 4.69) is 19.2 Å². The second kappa shape index (κ2) is 7.79. The van der Waals surface area contributed by atoms with Gasteiger partial charge in [0, 0.05) is 18.2 Å². The number of phenolic OH excluding ortho intramolecular Hbond substituents is 1. The van der Waals surface area contributed by atoms with Crippen LogP contribution in [-0.2, 0) is 11.2 Å². The molecule has 1 aromatic rings. The first kappa shape index (κ1) is 15.5. The molecule has 4 nitrogen and oxygen atoms in total. The minimum absolute atomic E-state index is 0.0108. The van der Waals surface area contributed by atoms with Gasteiger partial charge in [-0.25, -0.2) is 0 Å². The highest BCUT2D eigenvalue weighted by Gasteiger charge is 2.15. The van der Waals surface area contributed by atoms with Crippen molar-refractivity contribution in [3.8, 4) is 5.75 Å². The van der Waals surface area contributed by atoms with Crippen LogP contribution >= 0.6 is 0 Å². The van der Waals surface area contributed by atoms with E-state index in [4.69, 9.17) is 5.73 Å². The SMILES string of the molecule is CCC(CC)C(N)CNC(=O)Cc1ccccc1O. The van der Waals surface area contributed by atoms with E-state index in [9.17, 15) is 9.90 Å². The van der Waals surface area contributed by atoms with Gasteiger partial charge in [-0.2, -0.15) is 0 Å². The first-order chi connectivity index (χ1) is 9.08. The number of para-hydroxylation sites is 1. The number of carbonyl (C=O) groups excluding carboxylic acids is 1. The van der Waals surface area contributed by atoms with E-state index in [0.29, 0.717) is 18.0 Å². The van der Waals surface area contributed by atoms with Gasteiger partial charge >= 0.3 is 0 Å². The van der Waals surface area contributed by atoms with Crippen molar-refractivity contribution in [2.45, 2.75) is 39.2 Å². The number of rotatable bonds is 7. The van der Waals surface area contributed by atoms with E-state index in [1.54, 1.807) is 24.3 Å². The summed E-state index contributed by atoms with van der Waals surface area (Å²) in [6.45, 7) is 4.70. The Morgan fingerprint density at radius 3 is 2.53 bits per heavy atom. The predicted molar refractivity (Wildman–Crippen MR) is 76.9 cm³/mol. The lowest BCUT2D eigenvalue weighted by atomic mass is 9.95. The van der Waals surface area contributed by atoms with Gasteiger partial charge in [0.15, 0.2) is 0 Å². The first-order valence-corrected chi connectivity index (χ1v) is 6.87. The van der Waals surface area contributed by atoms with Crippen molar-refractivity contribution in [1.82, 2.24) is 5.32 Å². The maximum atomic E-state index is 11.8. The van der Waals surface area contributed by atoms with Crippen LogP contribution in [0.5, 0.6) is 5.75 Å². The van der Waals surface area contributed by atoms with Gasteiger partial charge in [0.1, 0.15) is 5.75 Å². The number of hydrogen-bond donors (Lipinski definition) is 3. The highest BCUT2D eigenvalue weighted by atomic mass is 16.3. The topological polar surface area (TPSA) is 75.3 Å². The summed E-state index contributed by atoms with van der Waals surface area (Å²) in [5.74, 6) is 0.482. The fraction of sp³-hybridized carbons (Fsp3) is 0.533. The largest absolute Gasteiger partial charge is 0.508 e. The Morgan fingerprint density at radius 1 is 1.32 bits per heavy atom. The third kappa shape index (κ3) is 4.91. The molecule has 1 aromatic carbocycles. The zero-order valence-electron chi connectivity index (χ0n) is 11.7. The number of aromatic hydroxyl groups is 1. The zero-order valence-corrected chi connectivity index (χ0v) is 11.7. The number of carbonyl (C=O) groups is 1. The summed E-state index contributed by atoms with van der Waals surface area (Å²) in [6.07, 6.45) is 2.22. The second-order valence-electron chi connectivity index (χ2n) is 4.85. The van der Waals surface area contributed by atoms with Gasteiger partial charge in [-0.1, -0.05) is 44.9 Å².